The van der Waals surface area contributed by atoms with E-state index in [2.05, 4.69) is 5.32 Å². The van der Waals surface area contributed by atoms with E-state index >= 15 is 0 Å². The van der Waals surface area contributed by atoms with Crippen LogP contribution in [0.3, 0.4) is 0 Å². The molecule has 0 aliphatic heterocycles. The van der Waals surface area contributed by atoms with Gasteiger partial charge in [-0.05, 0) is 43.3 Å². The van der Waals surface area contributed by atoms with E-state index in [4.69, 9.17) is 31.1 Å². The monoisotopic (exact) mass is 388 g/mol. The third-order valence-corrected chi connectivity index (χ3v) is 3.72. The lowest BCUT2D eigenvalue weighted by molar-refractivity contribution is -0.119. The molecule has 0 unspecified atom stereocenters. The second kappa shape index (κ2) is 9.46. The highest BCUT2D eigenvalue weighted by molar-refractivity contribution is 6.32. The van der Waals surface area contributed by atoms with Gasteiger partial charge in [0.2, 0.25) is 0 Å². The molecular weight excluding hydrogens is 372 g/mol. The molecular formula is C19H17ClN2O5. The third-order valence-electron chi connectivity index (χ3n) is 3.41. The lowest BCUT2D eigenvalue weighted by Gasteiger charge is -2.11. The first-order chi connectivity index (χ1) is 13.0. The predicted octanol–water partition coefficient (Wildman–Crippen LogP) is 3.41. The van der Waals surface area contributed by atoms with Crippen molar-refractivity contribution >= 4 is 29.2 Å². The SMILES string of the molecule is CCOc1ccc(C(=O)OCC(=O)Nc2ccc(C#N)c(Cl)c2)cc1OC. The molecule has 0 aromatic heterocycles. The van der Waals surface area contributed by atoms with Gasteiger partial charge < -0.3 is 19.5 Å². The van der Waals surface area contributed by atoms with Crippen LogP contribution in [0.4, 0.5) is 5.69 Å². The summed E-state index contributed by atoms with van der Waals surface area (Å²) in [5.41, 5.74) is 0.915. The molecule has 2 rings (SSSR count). The molecule has 0 saturated heterocycles. The molecule has 0 fully saturated rings. The Balaban J connectivity index is 1.96. The number of methoxy groups -OCH3 is 1. The van der Waals surface area contributed by atoms with Crippen LogP contribution < -0.4 is 14.8 Å². The summed E-state index contributed by atoms with van der Waals surface area (Å²) < 4.78 is 15.6. The summed E-state index contributed by atoms with van der Waals surface area (Å²) in [5, 5.41) is 11.6. The van der Waals surface area contributed by atoms with Gasteiger partial charge in [-0.3, -0.25) is 4.79 Å². The van der Waals surface area contributed by atoms with Gasteiger partial charge >= 0.3 is 5.97 Å². The highest BCUT2D eigenvalue weighted by atomic mass is 35.5. The fourth-order valence-electron chi connectivity index (χ4n) is 2.16. The van der Waals surface area contributed by atoms with Crippen LogP contribution >= 0.6 is 11.6 Å². The largest absolute Gasteiger partial charge is 0.493 e. The van der Waals surface area contributed by atoms with Crippen molar-refractivity contribution in [3.8, 4) is 17.6 Å². The number of rotatable bonds is 7. The molecule has 0 saturated carbocycles. The summed E-state index contributed by atoms with van der Waals surface area (Å²) >= 11 is 5.90. The number of hydrogen-bond donors (Lipinski definition) is 1. The molecule has 0 bridgehead atoms. The fourth-order valence-corrected chi connectivity index (χ4v) is 2.39. The second-order valence-corrected chi connectivity index (χ2v) is 5.64. The number of anilines is 1. The fraction of sp³-hybridized carbons (Fsp3) is 0.211. The molecule has 0 aliphatic rings. The zero-order chi connectivity index (χ0) is 19.8. The van der Waals surface area contributed by atoms with Crippen LogP contribution in [0.25, 0.3) is 0 Å². The van der Waals surface area contributed by atoms with Crippen LogP contribution in [0, 0.1) is 11.3 Å². The van der Waals surface area contributed by atoms with E-state index in [1.807, 2.05) is 13.0 Å². The van der Waals surface area contributed by atoms with Crippen molar-refractivity contribution in [2.24, 2.45) is 0 Å². The normalized spacial score (nSPS) is 9.85. The molecule has 0 aliphatic carbocycles. The number of esters is 1. The minimum atomic E-state index is -0.677. The number of carbonyl (C=O) groups is 2. The van der Waals surface area contributed by atoms with E-state index in [0.717, 1.165) is 0 Å². The van der Waals surface area contributed by atoms with E-state index in [0.29, 0.717) is 29.4 Å². The first kappa shape index (κ1) is 20.1. The summed E-state index contributed by atoms with van der Waals surface area (Å²) in [6, 6.07) is 11.0. The maximum Gasteiger partial charge on any atom is 0.338 e. The molecule has 0 heterocycles. The van der Waals surface area contributed by atoms with Gasteiger partial charge in [0.25, 0.3) is 5.91 Å². The van der Waals surface area contributed by atoms with E-state index in [1.54, 1.807) is 6.07 Å². The van der Waals surface area contributed by atoms with Crippen molar-refractivity contribution in [1.82, 2.24) is 0 Å². The smallest absolute Gasteiger partial charge is 0.338 e. The van der Waals surface area contributed by atoms with E-state index < -0.39 is 18.5 Å². The first-order valence-corrected chi connectivity index (χ1v) is 8.33. The second-order valence-electron chi connectivity index (χ2n) is 5.23. The number of benzene rings is 2. The van der Waals surface area contributed by atoms with E-state index in [1.165, 1.54) is 37.4 Å². The van der Waals surface area contributed by atoms with Crippen molar-refractivity contribution in [3.63, 3.8) is 0 Å². The number of ether oxygens (including phenoxy) is 3. The number of hydrogen-bond acceptors (Lipinski definition) is 6. The zero-order valence-corrected chi connectivity index (χ0v) is 15.5. The molecule has 7 nitrogen and oxygen atoms in total. The topological polar surface area (TPSA) is 97.6 Å². The zero-order valence-electron chi connectivity index (χ0n) is 14.7. The average Bonchev–Trinajstić information content (AvgIpc) is 2.66. The molecule has 140 valence electrons. The standard InChI is InChI=1S/C19H17ClN2O5/c1-3-26-16-7-5-12(8-17(16)25-2)19(24)27-11-18(23)22-14-6-4-13(10-21)15(20)9-14/h4-9H,3,11H2,1-2H3,(H,22,23). The Kier molecular flexibility index (Phi) is 7.03. The van der Waals surface area contributed by atoms with Gasteiger partial charge in [-0.25, -0.2) is 4.79 Å². The highest BCUT2D eigenvalue weighted by Crippen LogP contribution is 2.28. The lowest BCUT2D eigenvalue weighted by atomic mass is 10.2. The number of halogens is 1. The van der Waals surface area contributed by atoms with Gasteiger partial charge in [0.1, 0.15) is 6.07 Å². The number of carbonyl (C=O) groups excluding carboxylic acids is 2. The van der Waals surface area contributed by atoms with Crippen molar-refractivity contribution in [3.05, 3.63) is 52.5 Å². The van der Waals surface area contributed by atoms with Crippen LogP contribution in [0.5, 0.6) is 11.5 Å². The number of nitrogens with zero attached hydrogens (tertiary/aromatic N) is 1. The number of nitriles is 1. The van der Waals surface area contributed by atoms with Gasteiger partial charge in [0.05, 0.1) is 29.9 Å². The molecule has 0 radical (unpaired) electrons. The minimum absolute atomic E-state index is 0.216. The molecule has 2 aromatic carbocycles. The molecule has 2 aromatic rings. The third kappa shape index (κ3) is 5.36. The minimum Gasteiger partial charge on any atom is -0.493 e. The molecule has 0 atom stereocenters. The maximum absolute atomic E-state index is 12.1. The molecule has 1 amide bonds. The van der Waals surface area contributed by atoms with E-state index in [-0.39, 0.29) is 10.6 Å². The van der Waals surface area contributed by atoms with Crippen molar-refractivity contribution in [2.75, 3.05) is 25.6 Å². The van der Waals surface area contributed by atoms with Crippen LogP contribution in [-0.2, 0) is 9.53 Å². The molecule has 1 N–H and O–H groups in total. The predicted molar refractivity (Wildman–Crippen MR) is 99.2 cm³/mol. The van der Waals surface area contributed by atoms with Crippen molar-refractivity contribution in [1.29, 1.82) is 5.26 Å². The summed E-state index contributed by atoms with van der Waals surface area (Å²) in [7, 11) is 1.46. The maximum atomic E-state index is 12.1. The summed E-state index contributed by atoms with van der Waals surface area (Å²) in [6.45, 7) is 1.81. The Morgan fingerprint density at radius 3 is 2.59 bits per heavy atom. The van der Waals surface area contributed by atoms with Gasteiger partial charge in [0.15, 0.2) is 18.1 Å². The van der Waals surface area contributed by atoms with Gasteiger partial charge in [-0.15, -0.1) is 0 Å². The Morgan fingerprint density at radius 2 is 1.96 bits per heavy atom. The Bertz CT molecular complexity index is 892. The van der Waals surface area contributed by atoms with Crippen LogP contribution in [0.2, 0.25) is 5.02 Å². The van der Waals surface area contributed by atoms with Crippen LogP contribution in [0.1, 0.15) is 22.8 Å². The Labute approximate surface area is 161 Å². The van der Waals surface area contributed by atoms with Crippen LogP contribution in [-0.4, -0.2) is 32.2 Å². The average molecular weight is 389 g/mol. The van der Waals surface area contributed by atoms with Crippen molar-refractivity contribution in [2.45, 2.75) is 6.92 Å². The Hall–Kier alpha value is -3.24. The van der Waals surface area contributed by atoms with Gasteiger partial charge in [-0.1, -0.05) is 11.6 Å². The lowest BCUT2D eigenvalue weighted by Crippen LogP contribution is -2.21. The van der Waals surface area contributed by atoms with E-state index in [9.17, 15) is 9.59 Å². The molecule has 27 heavy (non-hydrogen) atoms. The van der Waals surface area contributed by atoms with Crippen molar-refractivity contribution < 1.29 is 23.8 Å². The summed E-state index contributed by atoms with van der Waals surface area (Å²) in [6.07, 6.45) is 0. The quantitative estimate of drug-likeness (QED) is 0.730. The highest BCUT2D eigenvalue weighted by Gasteiger charge is 2.14. The number of amides is 1. The van der Waals surface area contributed by atoms with Gasteiger partial charge in [-0.2, -0.15) is 5.26 Å². The molecule has 8 heteroatoms. The molecule has 0 spiro atoms. The number of nitrogens with one attached hydrogen (secondary N) is 1. The summed E-state index contributed by atoms with van der Waals surface area (Å²) in [4.78, 5) is 24.1. The van der Waals surface area contributed by atoms with Gasteiger partial charge in [0, 0.05) is 5.69 Å². The summed E-state index contributed by atoms with van der Waals surface area (Å²) in [5.74, 6) is -0.318. The van der Waals surface area contributed by atoms with Crippen LogP contribution in [0.15, 0.2) is 36.4 Å². The Morgan fingerprint density at radius 1 is 1.19 bits per heavy atom. The first-order valence-electron chi connectivity index (χ1n) is 7.96.